The highest BCUT2D eigenvalue weighted by atomic mass is 19.1. The Morgan fingerprint density at radius 1 is 1.60 bits per heavy atom. The van der Waals surface area contributed by atoms with Crippen LogP contribution >= 0.6 is 0 Å². The molecule has 1 aliphatic rings. The predicted molar refractivity (Wildman–Crippen MR) is 37.8 cm³/mol. The second-order valence-corrected chi connectivity index (χ2v) is 2.80. The Morgan fingerprint density at radius 3 is 2.80 bits per heavy atom. The first kappa shape index (κ1) is 7.91. The normalized spacial score (nSPS) is 36.3. The van der Waals surface area contributed by atoms with Crippen molar-refractivity contribution in [3.05, 3.63) is 0 Å². The number of hydrazine groups is 1. The topological polar surface area (TPSA) is 55.3 Å². The lowest BCUT2D eigenvalue weighted by Gasteiger charge is -2.30. The van der Waals surface area contributed by atoms with Crippen LogP contribution in [0, 0.1) is 5.92 Å². The summed E-state index contributed by atoms with van der Waals surface area (Å²) in [6, 6.07) is 0. The summed E-state index contributed by atoms with van der Waals surface area (Å²) in [5, 5.41) is 1.51. The molecule has 0 aromatic heterocycles. The van der Waals surface area contributed by atoms with Crippen LogP contribution in [0.25, 0.3) is 0 Å². The molecular formula is C6H14FN3. The van der Waals surface area contributed by atoms with E-state index in [9.17, 15) is 4.39 Å². The van der Waals surface area contributed by atoms with E-state index < -0.39 is 6.17 Å². The van der Waals surface area contributed by atoms with Crippen molar-refractivity contribution >= 4 is 0 Å². The SMILES string of the molecule is NC[C@H]1CCN(N)C[C@H]1F. The Hall–Kier alpha value is -0.190. The van der Waals surface area contributed by atoms with Crippen molar-refractivity contribution in [2.45, 2.75) is 12.6 Å². The van der Waals surface area contributed by atoms with Gasteiger partial charge in [-0.05, 0) is 13.0 Å². The second kappa shape index (κ2) is 3.27. The van der Waals surface area contributed by atoms with Crippen LogP contribution < -0.4 is 11.6 Å². The molecule has 0 radical (unpaired) electrons. The zero-order valence-corrected chi connectivity index (χ0v) is 5.96. The Bertz CT molecular complexity index is 109. The van der Waals surface area contributed by atoms with Gasteiger partial charge in [-0.1, -0.05) is 0 Å². The lowest BCUT2D eigenvalue weighted by molar-refractivity contribution is 0.0893. The van der Waals surface area contributed by atoms with Crippen LogP contribution in [-0.4, -0.2) is 30.8 Å². The van der Waals surface area contributed by atoms with E-state index in [1.165, 1.54) is 5.01 Å². The van der Waals surface area contributed by atoms with Gasteiger partial charge in [-0.15, -0.1) is 0 Å². The molecule has 10 heavy (non-hydrogen) atoms. The van der Waals surface area contributed by atoms with E-state index in [1.807, 2.05) is 0 Å². The van der Waals surface area contributed by atoms with Crippen molar-refractivity contribution < 1.29 is 4.39 Å². The summed E-state index contributed by atoms with van der Waals surface area (Å²) >= 11 is 0. The molecule has 1 rings (SSSR count). The van der Waals surface area contributed by atoms with Crippen LogP contribution in [0.3, 0.4) is 0 Å². The van der Waals surface area contributed by atoms with Gasteiger partial charge < -0.3 is 5.73 Å². The fourth-order valence-electron chi connectivity index (χ4n) is 1.24. The largest absolute Gasteiger partial charge is 0.330 e. The van der Waals surface area contributed by atoms with Crippen LogP contribution in [0.5, 0.6) is 0 Å². The predicted octanol–water partition coefficient (Wildman–Crippen LogP) is -0.521. The van der Waals surface area contributed by atoms with Crippen molar-refractivity contribution in [1.82, 2.24) is 5.01 Å². The Labute approximate surface area is 60.1 Å². The van der Waals surface area contributed by atoms with Gasteiger partial charge in [-0.25, -0.2) is 9.40 Å². The summed E-state index contributed by atoms with van der Waals surface area (Å²) in [7, 11) is 0. The fourth-order valence-corrected chi connectivity index (χ4v) is 1.24. The van der Waals surface area contributed by atoms with E-state index in [0.29, 0.717) is 13.1 Å². The summed E-state index contributed by atoms with van der Waals surface area (Å²) in [4.78, 5) is 0. The molecule has 0 aliphatic carbocycles. The van der Waals surface area contributed by atoms with Crippen LogP contribution in [-0.2, 0) is 0 Å². The minimum atomic E-state index is -0.830. The smallest absolute Gasteiger partial charge is 0.118 e. The summed E-state index contributed by atoms with van der Waals surface area (Å²) in [6.45, 7) is 1.54. The fraction of sp³-hybridized carbons (Fsp3) is 1.00. The maximum absolute atomic E-state index is 12.9. The summed E-state index contributed by atoms with van der Waals surface area (Å²) in [5.41, 5.74) is 5.34. The molecule has 3 nitrogen and oxygen atoms in total. The highest BCUT2D eigenvalue weighted by Crippen LogP contribution is 2.16. The minimum absolute atomic E-state index is 0.0276. The van der Waals surface area contributed by atoms with Gasteiger partial charge in [0.25, 0.3) is 0 Å². The van der Waals surface area contributed by atoms with E-state index in [1.54, 1.807) is 0 Å². The maximum Gasteiger partial charge on any atom is 0.118 e. The van der Waals surface area contributed by atoms with Gasteiger partial charge in [0.1, 0.15) is 6.17 Å². The average molecular weight is 147 g/mol. The molecule has 0 unspecified atom stereocenters. The number of hydrogen-bond acceptors (Lipinski definition) is 3. The number of halogens is 1. The molecule has 4 N–H and O–H groups in total. The zero-order chi connectivity index (χ0) is 7.56. The van der Waals surface area contributed by atoms with Gasteiger partial charge >= 0.3 is 0 Å². The summed E-state index contributed by atoms with van der Waals surface area (Å²) in [5.74, 6) is 5.42. The molecule has 0 bridgehead atoms. The quantitative estimate of drug-likeness (QED) is 0.491. The number of nitrogens with zero attached hydrogens (tertiary/aromatic N) is 1. The number of nitrogens with two attached hydrogens (primary N) is 2. The zero-order valence-electron chi connectivity index (χ0n) is 5.96. The average Bonchev–Trinajstić information content (AvgIpc) is 1.88. The van der Waals surface area contributed by atoms with Crippen molar-refractivity contribution in [2.75, 3.05) is 19.6 Å². The van der Waals surface area contributed by atoms with Crippen molar-refractivity contribution in [2.24, 2.45) is 17.5 Å². The van der Waals surface area contributed by atoms with Crippen LogP contribution in [0.2, 0.25) is 0 Å². The van der Waals surface area contributed by atoms with Crippen LogP contribution in [0.1, 0.15) is 6.42 Å². The molecule has 0 aromatic rings. The molecule has 0 saturated carbocycles. The number of hydrogen-bond donors (Lipinski definition) is 2. The monoisotopic (exact) mass is 147 g/mol. The molecule has 4 heteroatoms. The first-order valence-corrected chi connectivity index (χ1v) is 3.58. The van der Waals surface area contributed by atoms with Gasteiger partial charge in [-0.2, -0.15) is 0 Å². The third kappa shape index (κ3) is 1.65. The van der Waals surface area contributed by atoms with Gasteiger partial charge in [0, 0.05) is 19.0 Å². The molecule has 1 aliphatic heterocycles. The van der Waals surface area contributed by atoms with Gasteiger partial charge in [0.05, 0.1) is 0 Å². The molecule has 2 atom stereocenters. The molecule has 0 aromatic carbocycles. The highest BCUT2D eigenvalue weighted by molar-refractivity contribution is 4.78. The number of piperidine rings is 1. The van der Waals surface area contributed by atoms with E-state index >= 15 is 0 Å². The Balaban J connectivity index is 2.36. The van der Waals surface area contributed by atoms with E-state index in [4.69, 9.17) is 11.6 Å². The molecular weight excluding hydrogens is 133 g/mol. The van der Waals surface area contributed by atoms with Crippen LogP contribution in [0.15, 0.2) is 0 Å². The third-order valence-electron chi connectivity index (χ3n) is 2.01. The summed E-state index contributed by atoms with van der Waals surface area (Å²) in [6.07, 6.45) is -0.0440. The molecule has 0 amide bonds. The minimum Gasteiger partial charge on any atom is -0.330 e. The first-order valence-electron chi connectivity index (χ1n) is 3.58. The van der Waals surface area contributed by atoms with Crippen molar-refractivity contribution in [1.29, 1.82) is 0 Å². The second-order valence-electron chi connectivity index (χ2n) is 2.80. The lowest BCUT2D eigenvalue weighted by Crippen LogP contribution is -2.47. The number of alkyl halides is 1. The van der Waals surface area contributed by atoms with E-state index in [2.05, 4.69) is 0 Å². The van der Waals surface area contributed by atoms with Crippen LogP contribution in [0.4, 0.5) is 4.39 Å². The maximum atomic E-state index is 12.9. The van der Waals surface area contributed by atoms with Crippen molar-refractivity contribution in [3.63, 3.8) is 0 Å². The standard InChI is InChI=1S/C6H14FN3/c7-6-4-10(9)2-1-5(6)3-8/h5-6H,1-4,8-9H2/t5-,6-/m1/s1. The van der Waals surface area contributed by atoms with Gasteiger partial charge in [0.2, 0.25) is 0 Å². The van der Waals surface area contributed by atoms with E-state index in [0.717, 1.165) is 13.0 Å². The van der Waals surface area contributed by atoms with E-state index in [-0.39, 0.29) is 5.92 Å². The molecule has 0 spiro atoms. The van der Waals surface area contributed by atoms with Crippen molar-refractivity contribution in [3.8, 4) is 0 Å². The molecule has 1 saturated heterocycles. The third-order valence-corrected chi connectivity index (χ3v) is 2.01. The van der Waals surface area contributed by atoms with Gasteiger partial charge in [-0.3, -0.25) is 5.84 Å². The summed E-state index contributed by atoms with van der Waals surface area (Å²) < 4.78 is 12.9. The number of rotatable bonds is 1. The Morgan fingerprint density at radius 2 is 2.30 bits per heavy atom. The highest BCUT2D eigenvalue weighted by Gasteiger charge is 2.26. The van der Waals surface area contributed by atoms with Gasteiger partial charge in [0.15, 0.2) is 0 Å². The first-order chi connectivity index (χ1) is 4.74. The molecule has 60 valence electrons. The molecule has 1 heterocycles. The lowest BCUT2D eigenvalue weighted by atomic mass is 9.96. The molecule has 1 fully saturated rings. The Kier molecular flexibility index (Phi) is 2.59.